The molecule has 1 N–H and O–H groups in total. The number of amides is 1. The molecular weight excluding hydrogens is 385 g/mol. The Morgan fingerprint density at radius 3 is 2.41 bits per heavy atom. The van der Waals surface area contributed by atoms with Crippen LogP contribution in [0.3, 0.4) is 0 Å². The highest BCUT2D eigenvalue weighted by molar-refractivity contribution is 6.35. The third-order valence-electron chi connectivity index (χ3n) is 3.91. The van der Waals surface area contributed by atoms with Gasteiger partial charge in [0.1, 0.15) is 11.5 Å². The molecule has 146 valence electrons. The first-order valence-corrected chi connectivity index (χ1v) is 9.94. The number of carbonyl (C=O) groups is 1. The predicted octanol–water partition coefficient (Wildman–Crippen LogP) is 6.36. The minimum absolute atomic E-state index is 0.142. The molecule has 0 bridgehead atoms. The minimum Gasteiger partial charge on any atom is -0.494 e. The average Bonchev–Trinajstić information content (AvgIpc) is 2.65. The quantitative estimate of drug-likeness (QED) is 0.439. The lowest BCUT2D eigenvalue weighted by Crippen LogP contribution is -2.20. The number of hydrogen-bond donors (Lipinski definition) is 1. The van der Waals surface area contributed by atoms with Crippen molar-refractivity contribution in [2.75, 3.05) is 18.5 Å². The average molecular weight is 410 g/mol. The first-order chi connectivity index (χ1) is 13.1. The number of carbonyl (C=O) groups excluding carboxylic acids is 1. The monoisotopic (exact) mass is 409 g/mol. The van der Waals surface area contributed by atoms with Crippen LogP contribution in [0.4, 0.5) is 5.69 Å². The summed E-state index contributed by atoms with van der Waals surface area (Å²) < 4.78 is 11.1. The molecule has 27 heavy (non-hydrogen) atoms. The van der Waals surface area contributed by atoms with Gasteiger partial charge in [-0.05, 0) is 48.9 Å². The van der Waals surface area contributed by atoms with E-state index in [9.17, 15) is 4.79 Å². The molecule has 1 amide bonds. The number of hydrogen-bond acceptors (Lipinski definition) is 3. The molecule has 0 aliphatic rings. The Morgan fingerprint density at radius 2 is 1.70 bits per heavy atom. The van der Waals surface area contributed by atoms with Crippen LogP contribution >= 0.6 is 23.2 Å². The van der Waals surface area contributed by atoms with E-state index in [2.05, 4.69) is 12.2 Å². The van der Waals surface area contributed by atoms with E-state index < -0.39 is 0 Å². The number of halogens is 2. The lowest BCUT2D eigenvalue weighted by molar-refractivity contribution is -0.118. The molecule has 2 aromatic carbocycles. The van der Waals surface area contributed by atoms with Gasteiger partial charge in [0.2, 0.25) is 0 Å². The van der Waals surface area contributed by atoms with Gasteiger partial charge in [0.15, 0.2) is 6.61 Å². The van der Waals surface area contributed by atoms with Crippen LogP contribution in [0.5, 0.6) is 11.5 Å². The maximum absolute atomic E-state index is 12.0. The van der Waals surface area contributed by atoms with Gasteiger partial charge < -0.3 is 14.8 Å². The second-order valence-corrected chi connectivity index (χ2v) is 7.04. The van der Waals surface area contributed by atoms with E-state index in [0.717, 1.165) is 12.2 Å². The zero-order valence-corrected chi connectivity index (χ0v) is 17.0. The zero-order chi connectivity index (χ0) is 19.5. The Labute approximate surface area is 170 Å². The second-order valence-electron chi connectivity index (χ2n) is 6.20. The fourth-order valence-electron chi connectivity index (χ4n) is 2.46. The van der Waals surface area contributed by atoms with Gasteiger partial charge in [0, 0.05) is 10.7 Å². The van der Waals surface area contributed by atoms with Crippen LogP contribution in [0.25, 0.3) is 0 Å². The molecule has 4 nitrogen and oxygen atoms in total. The highest BCUT2D eigenvalue weighted by atomic mass is 35.5. The lowest BCUT2D eigenvalue weighted by Gasteiger charge is -2.10. The number of rotatable bonds is 11. The number of nitrogens with one attached hydrogen (secondary N) is 1. The molecule has 0 saturated heterocycles. The van der Waals surface area contributed by atoms with Gasteiger partial charge in [-0.2, -0.15) is 0 Å². The number of benzene rings is 2. The molecule has 0 atom stereocenters. The van der Waals surface area contributed by atoms with Crippen LogP contribution in [0.2, 0.25) is 10.0 Å². The molecule has 0 unspecified atom stereocenters. The largest absolute Gasteiger partial charge is 0.494 e. The number of unbranched alkanes of at least 4 members (excludes halogenated alkanes) is 4. The molecule has 6 heteroatoms. The third kappa shape index (κ3) is 8.10. The van der Waals surface area contributed by atoms with Gasteiger partial charge in [0.05, 0.1) is 11.6 Å². The molecule has 0 spiro atoms. The van der Waals surface area contributed by atoms with Crippen molar-refractivity contribution < 1.29 is 14.3 Å². The maximum Gasteiger partial charge on any atom is 0.262 e. The summed E-state index contributed by atoms with van der Waals surface area (Å²) in [4.78, 5) is 12.0. The van der Waals surface area contributed by atoms with E-state index in [-0.39, 0.29) is 12.5 Å². The van der Waals surface area contributed by atoms with Gasteiger partial charge in [-0.3, -0.25) is 4.79 Å². The summed E-state index contributed by atoms with van der Waals surface area (Å²) in [6, 6.07) is 12.2. The summed E-state index contributed by atoms with van der Waals surface area (Å²) in [5, 5.41) is 3.65. The van der Waals surface area contributed by atoms with E-state index in [1.807, 2.05) is 12.1 Å². The Balaban J connectivity index is 1.71. The van der Waals surface area contributed by atoms with Crippen LogP contribution in [0.1, 0.15) is 39.0 Å². The van der Waals surface area contributed by atoms with Crippen molar-refractivity contribution >= 4 is 34.8 Å². The van der Waals surface area contributed by atoms with Crippen molar-refractivity contribution in [3.63, 3.8) is 0 Å². The van der Waals surface area contributed by atoms with Crippen molar-refractivity contribution in [3.05, 3.63) is 52.5 Å². The molecular formula is C21H25Cl2NO3. The smallest absolute Gasteiger partial charge is 0.262 e. The highest BCUT2D eigenvalue weighted by Gasteiger charge is 2.07. The van der Waals surface area contributed by atoms with Crippen LogP contribution in [0, 0.1) is 0 Å². The Hall–Kier alpha value is -1.91. The third-order valence-corrected chi connectivity index (χ3v) is 4.44. The fourth-order valence-corrected chi connectivity index (χ4v) is 2.93. The minimum atomic E-state index is -0.273. The standard InChI is InChI=1S/C21H25Cl2NO3/c1-2-3-4-5-6-13-26-18-10-8-17(9-11-18)24-21(25)15-27-20-12-7-16(22)14-19(20)23/h7-12,14H,2-6,13,15H2,1H3,(H,24,25). The zero-order valence-electron chi connectivity index (χ0n) is 15.5. The fraction of sp³-hybridized carbons (Fsp3) is 0.381. The van der Waals surface area contributed by atoms with Crippen LogP contribution in [-0.2, 0) is 4.79 Å². The predicted molar refractivity (Wildman–Crippen MR) is 111 cm³/mol. The molecule has 0 heterocycles. The van der Waals surface area contributed by atoms with Crippen LogP contribution < -0.4 is 14.8 Å². The van der Waals surface area contributed by atoms with Crippen molar-refractivity contribution in [2.45, 2.75) is 39.0 Å². The Kier molecular flexibility index (Phi) is 9.29. The van der Waals surface area contributed by atoms with E-state index in [4.69, 9.17) is 32.7 Å². The molecule has 0 aliphatic heterocycles. The summed E-state index contributed by atoms with van der Waals surface area (Å²) in [7, 11) is 0. The van der Waals surface area contributed by atoms with Crippen molar-refractivity contribution in [1.29, 1.82) is 0 Å². The summed E-state index contributed by atoms with van der Waals surface area (Å²) in [6.07, 6.45) is 6.03. The first kappa shape index (κ1) is 21.4. The topological polar surface area (TPSA) is 47.6 Å². The summed E-state index contributed by atoms with van der Waals surface area (Å²) in [6.45, 7) is 2.78. The number of ether oxygens (including phenoxy) is 2. The molecule has 0 aliphatic carbocycles. The van der Waals surface area contributed by atoms with E-state index in [1.54, 1.807) is 30.3 Å². The summed E-state index contributed by atoms with van der Waals surface area (Å²) in [5.41, 5.74) is 0.682. The van der Waals surface area contributed by atoms with Crippen LogP contribution in [-0.4, -0.2) is 19.1 Å². The number of anilines is 1. The molecule has 0 radical (unpaired) electrons. The lowest BCUT2D eigenvalue weighted by atomic mass is 10.2. The summed E-state index contributed by atoms with van der Waals surface area (Å²) >= 11 is 11.8. The van der Waals surface area contributed by atoms with E-state index in [0.29, 0.717) is 28.1 Å². The molecule has 0 aromatic heterocycles. The van der Waals surface area contributed by atoms with Gasteiger partial charge in [0.25, 0.3) is 5.91 Å². The van der Waals surface area contributed by atoms with Gasteiger partial charge >= 0.3 is 0 Å². The Bertz CT molecular complexity index is 720. The van der Waals surface area contributed by atoms with E-state index >= 15 is 0 Å². The maximum atomic E-state index is 12.0. The first-order valence-electron chi connectivity index (χ1n) is 9.19. The molecule has 0 saturated carbocycles. The summed E-state index contributed by atoms with van der Waals surface area (Å²) in [5.74, 6) is 0.942. The molecule has 0 fully saturated rings. The van der Waals surface area contributed by atoms with Crippen LogP contribution in [0.15, 0.2) is 42.5 Å². The normalized spacial score (nSPS) is 10.5. The SMILES string of the molecule is CCCCCCCOc1ccc(NC(=O)COc2ccc(Cl)cc2Cl)cc1. The van der Waals surface area contributed by atoms with Crippen molar-refractivity contribution in [3.8, 4) is 11.5 Å². The van der Waals surface area contributed by atoms with Gasteiger partial charge in [-0.25, -0.2) is 0 Å². The van der Waals surface area contributed by atoms with Crippen molar-refractivity contribution in [2.24, 2.45) is 0 Å². The molecule has 2 rings (SSSR count). The Morgan fingerprint density at radius 1 is 0.963 bits per heavy atom. The van der Waals surface area contributed by atoms with Gasteiger partial charge in [-0.15, -0.1) is 0 Å². The van der Waals surface area contributed by atoms with E-state index in [1.165, 1.54) is 25.7 Å². The molecule has 2 aromatic rings. The second kappa shape index (κ2) is 11.7. The highest BCUT2D eigenvalue weighted by Crippen LogP contribution is 2.27. The van der Waals surface area contributed by atoms with Gasteiger partial charge in [-0.1, -0.05) is 55.8 Å². The van der Waals surface area contributed by atoms with Crippen molar-refractivity contribution in [1.82, 2.24) is 0 Å².